The molecular formula is C19H19N5O3S. The minimum atomic E-state index is 0.0100. The highest BCUT2D eigenvalue weighted by Gasteiger charge is 2.09. The summed E-state index contributed by atoms with van der Waals surface area (Å²) in [6.45, 7) is 1.98. The minimum Gasteiger partial charge on any atom is -0.507 e. The van der Waals surface area contributed by atoms with Gasteiger partial charge in [0.25, 0.3) is 0 Å². The van der Waals surface area contributed by atoms with Crippen LogP contribution < -0.4 is 10.2 Å². The molecule has 28 heavy (non-hydrogen) atoms. The molecule has 0 unspecified atom stereocenters. The first-order valence-electron chi connectivity index (χ1n) is 8.36. The van der Waals surface area contributed by atoms with Gasteiger partial charge in [-0.1, -0.05) is 41.6 Å². The molecule has 0 saturated heterocycles. The van der Waals surface area contributed by atoms with Crippen LogP contribution in [0.4, 0.5) is 5.95 Å². The van der Waals surface area contributed by atoms with Gasteiger partial charge < -0.3 is 9.84 Å². The molecule has 9 heteroatoms. The summed E-state index contributed by atoms with van der Waals surface area (Å²) in [5.41, 5.74) is 4.95. The molecule has 1 heterocycles. The molecule has 8 nitrogen and oxygen atoms in total. The molecule has 1 aromatic heterocycles. The van der Waals surface area contributed by atoms with Crippen LogP contribution in [0.3, 0.4) is 0 Å². The number of phenolic OH excluding ortho intramolecular Hbond substituents is 1. The summed E-state index contributed by atoms with van der Waals surface area (Å²) >= 11 is 1.23. The molecule has 0 bridgehead atoms. The van der Waals surface area contributed by atoms with Gasteiger partial charge in [-0.15, -0.1) is 5.10 Å². The van der Waals surface area contributed by atoms with Gasteiger partial charge in [0.05, 0.1) is 19.1 Å². The van der Waals surface area contributed by atoms with Crippen LogP contribution >= 0.6 is 11.8 Å². The van der Waals surface area contributed by atoms with Gasteiger partial charge in [-0.2, -0.15) is 10.1 Å². The Labute approximate surface area is 166 Å². The zero-order chi connectivity index (χ0) is 19.9. The number of carbonyl (C=O) groups is 1. The number of hydrogen-bond acceptors (Lipinski definition) is 8. The molecule has 0 aliphatic heterocycles. The van der Waals surface area contributed by atoms with E-state index < -0.39 is 0 Å². The van der Waals surface area contributed by atoms with Gasteiger partial charge in [-0.3, -0.25) is 4.79 Å². The van der Waals surface area contributed by atoms with E-state index in [4.69, 9.17) is 4.74 Å². The van der Waals surface area contributed by atoms with Crippen LogP contribution in [-0.2, 0) is 0 Å². The van der Waals surface area contributed by atoms with Crippen molar-refractivity contribution in [3.05, 3.63) is 59.2 Å². The molecule has 0 fully saturated rings. The summed E-state index contributed by atoms with van der Waals surface area (Å²) in [7, 11) is 1.54. The number of benzene rings is 2. The Balaban J connectivity index is 1.54. The van der Waals surface area contributed by atoms with E-state index in [1.807, 2.05) is 31.2 Å². The predicted octanol–water partition coefficient (Wildman–Crippen LogP) is 3.25. The fourth-order valence-corrected chi connectivity index (χ4v) is 2.93. The van der Waals surface area contributed by atoms with Gasteiger partial charge in [0, 0.05) is 11.1 Å². The Kier molecular flexibility index (Phi) is 6.28. The number of aromatic nitrogens is 3. The molecule has 0 aliphatic carbocycles. The quantitative estimate of drug-likeness (QED) is 0.231. The van der Waals surface area contributed by atoms with Crippen molar-refractivity contribution in [3.63, 3.8) is 0 Å². The van der Waals surface area contributed by atoms with E-state index in [9.17, 15) is 9.90 Å². The maximum atomic E-state index is 12.2. The SMILES string of the molecule is COc1ccc(O)c(/C=N/Nc2nc(SCC(=O)c3ccc(C)cc3)n[nH]2)c1. The van der Waals surface area contributed by atoms with Crippen LogP contribution in [0.2, 0.25) is 0 Å². The number of phenols is 1. The lowest BCUT2D eigenvalue weighted by atomic mass is 10.1. The third-order valence-electron chi connectivity index (χ3n) is 3.78. The number of ketones is 1. The summed E-state index contributed by atoms with van der Waals surface area (Å²) in [4.78, 5) is 16.4. The van der Waals surface area contributed by atoms with Crippen molar-refractivity contribution in [2.75, 3.05) is 18.3 Å². The van der Waals surface area contributed by atoms with Gasteiger partial charge in [0.2, 0.25) is 11.1 Å². The molecular weight excluding hydrogens is 378 g/mol. The molecule has 2 aromatic carbocycles. The highest BCUT2D eigenvalue weighted by Crippen LogP contribution is 2.21. The van der Waals surface area contributed by atoms with E-state index >= 15 is 0 Å². The molecule has 0 atom stereocenters. The monoisotopic (exact) mass is 397 g/mol. The average molecular weight is 397 g/mol. The zero-order valence-electron chi connectivity index (χ0n) is 15.3. The molecule has 0 aliphatic rings. The fourth-order valence-electron chi connectivity index (χ4n) is 2.24. The number of rotatable bonds is 8. The van der Waals surface area contributed by atoms with Crippen LogP contribution in [-0.4, -0.2) is 45.1 Å². The van der Waals surface area contributed by atoms with Gasteiger partial charge in [0.1, 0.15) is 11.5 Å². The lowest BCUT2D eigenvalue weighted by Crippen LogP contribution is -2.02. The van der Waals surface area contributed by atoms with Crippen molar-refractivity contribution in [1.29, 1.82) is 0 Å². The molecule has 0 spiro atoms. The third kappa shape index (κ3) is 5.10. The third-order valence-corrected chi connectivity index (χ3v) is 4.63. The van der Waals surface area contributed by atoms with Crippen LogP contribution in [0.15, 0.2) is 52.7 Å². The number of carbonyl (C=O) groups excluding carboxylic acids is 1. The minimum absolute atomic E-state index is 0.0100. The van der Waals surface area contributed by atoms with Gasteiger partial charge >= 0.3 is 0 Å². The summed E-state index contributed by atoms with van der Waals surface area (Å²) in [6.07, 6.45) is 1.44. The largest absolute Gasteiger partial charge is 0.507 e. The summed E-state index contributed by atoms with van der Waals surface area (Å²) in [5.74, 6) is 1.26. The normalized spacial score (nSPS) is 10.9. The van der Waals surface area contributed by atoms with Crippen molar-refractivity contribution >= 4 is 29.7 Å². The fraction of sp³-hybridized carbons (Fsp3) is 0.158. The number of nitrogens with one attached hydrogen (secondary N) is 2. The van der Waals surface area contributed by atoms with E-state index in [2.05, 4.69) is 25.7 Å². The Hall–Kier alpha value is -3.33. The number of hydrogen-bond donors (Lipinski definition) is 3. The first-order valence-corrected chi connectivity index (χ1v) is 9.35. The van der Waals surface area contributed by atoms with Crippen LogP contribution in [0.25, 0.3) is 0 Å². The Morgan fingerprint density at radius 3 is 2.86 bits per heavy atom. The lowest BCUT2D eigenvalue weighted by Gasteiger charge is -2.02. The predicted molar refractivity (Wildman–Crippen MR) is 108 cm³/mol. The molecule has 3 N–H and O–H groups in total. The Morgan fingerprint density at radius 2 is 2.11 bits per heavy atom. The van der Waals surface area contributed by atoms with Gasteiger partial charge in [-0.05, 0) is 25.1 Å². The molecule has 3 aromatic rings. The maximum absolute atomic E-state index is 12.2. The Bertz CT molecular complexity index is 985. The number of ether oxygens (including phenoxy) is 1. The number of nitrogens with zero attached hydrogens (tertiary/aromatic N) is 3. The first-order chi connectivity index (χ1) is 13.5. The Morgan fingerprint density at radius 1 is 1.32 bits per heavy atom. The molecule has 0 amide bonds. The summed E-state index contributed by atoms with van der Waals surface area (Å²) in [5, 5.41) is 21.0. The number of aryl methyl sites for hydroxylation is 1. The lowest BCUT2D eigenvalue weighted by molar-refractivity contribution is 0.102. The van der Waals surface area contributed by atoms with Crippen molar-refractivity contribution in [2.24, 2.45) is 5.10 Å². The van der Waals surface area contributed by atoms with Crippen LogP contribution in [0, 0.1) is 6.92 Å². The van der Waals surface area contributed by atoms with Crippen molar-refractivity contribution in [3.8, 4) is 11.5 Å². The number of aromatic amines is 1. The van der Waals surface area contributed by atoms with E-state index in [1.165, 1.54) is 24.0 Å². The number of aromatic hydroxyl groups is 1. The highest BCUT2D eigenvalue weighted by atomic mass is 32.2. The van der Waals surface area contributed by atoms with E-state index in [0.29, 0.717) is 28.0 Å². The van der Waals surface area contributed by atoms with Gasteiger partial charge in [0.15, 0.2) is 5.78 Å². The molecule has 0 radical (unpaired) electrons. The first kappa shape index (κ1) is 19.4. The average Bonchev–Trinajstić information content (AvgIpc) is 3.16. The van der Waals surface area contributed by atoms with Crippen molar-refractivity contribution in [1.82, 2.24) is 15.2 Å². The second-order valence-electron chi connectivity index (χ2n) is 5.84. The van der Waals surface area contributed by atoms with Gasteiger partial charge in [-0.25, -0.2) is 10.5 Å². The topological polar surface area (TPSA) is 112 Å². The van der Waals surface area contributed by atoms with E-state index in [1.54, 1.807) is 19.2 Å². The summed E-state index contributed by atoms with van der Waals surface area (Å²) < 4.78 is 5.11. The zero-order valence-corrected chi connectivity index (χ0v) is 16.2. The number of hydrazone groups is 1. The standard InChI is InChI=1S/C19H19N5O3S/c1-12-3-5-13(6-4-12)17(26)11-28-19-21-18(23-24-19)22-20-10-14-9-15(27-2)7-8-16(14)25/h3-10,25H,11H2,1-2H3,(H2,21,22,23,24)/b20-10+. The molecule has 144 valence electrons. The van der Waals surface area contributed by atoms with Crippen LogP contribution in [0.5, 0.6) is 11.5 Å². The van der Waals surface area contributed by atoms with Crippen molar-refractivity contribution < 1.29 is 14.6 Å². The van der Waals surface area contributed by atoms with E-state index in [0.717, 1.165) is 5.56 Å². The number of thioether (sulfide) groups is 1. The number of anilines is 1. The van der Waals surface area contributed by atoms with Crippen LogP contribution in [0.1, 0.15) is 21.5 Å². The maximum Gasteiger partial charge on any atom is 0.240 e. The molecule has 3 rings (SSSR count). The molecule has 0 saturated carbocycles. The number of Topliss-reactive ketones (excluding diaryl/α,β-unsaturated/α-hetero) is 1. The van der Waals surface area contributed by atoms with Crippen molar-refractivity contribution in [2.45, 2.75) is 12.1 Å². The van der Waals surface area contributed by atoms with E-state index in [-0.39, 0.29) is 17.3 Å². The number of methoxy groups -OCH3 is 1. The second-order valence-corrected chi connectivity index (χ2v) is 6.78. The second kappa shape index (κ2) is 9.05. The highest BCUT2D eigenvalue weighted by molar-refractivity contribution is 7.99. The smallest absolute Gasteiger partial charge is 0.240 e. The summed E-state index contributed by atoms with van der Waals surface area (Å²) in [6, 6.07) is 12.3. The number of H-pyrrole nitrogens is 1.